The number of benzene rings is 2. The maximum atomic E-state index is 12.2. The lowest BCUT2D eigenvalue weighted by Crippen LogP contribution is -2.22. The lowest BCUT2D eigenvalue weighted by molar-refractivity contribution is -0.121. The fourth-order valence-electron chi connectivity index (χ4n) is 3.40. The number of amides is 1. The molecular formula is C23H21ClN2O2. The van der Waals surface area contributed by atoms with Crippen molar-refractivity contribution in [3.63, 3.8) is 0 Å². The van der Waals surface area contributed by atoms with Crippen molar-refractivity contribution in [1.29, 1.82) is 0 Å². The molecule has 0 radical (unpaired) electrons. The van der Waals surface area contributed by atoms with Crippen LogP contribution in [0, 0.1) is 0 Å². The predicted octanol–water partition coefficient (Wildman–Crippen LogP) is 5.19. The molecule has 2 aromatic carbocycles. The summed E-state index contributed by atoms with van der Waals surface area (Å²) in [6.07, 6.45) is 4.85. The van der Waals surface area contributed by atoms with Gasteiger partial charge in [-0.25, -0.2) is 0 Å². The lowest BCUT2D eigenvalue weighted by atomic mass is 10.1. The van der Waals surface area contributed by atoms with Gasteiger partial charge in [-0.05, 0) is 41.8 Å². The van der Waals surface area contributed by atoms with Gasteiger partial charge in [-0.15, -0.1) is 0 Å². The van der Waals surface area contributed by atoms with Crippen molar-refractivity contribution in [2.45, 2.75) is 25.9 Å². The van der Waals surface area contributed by atoms with Crippen LogP contribution >= 0.6 is 11.6 Å². The molecule has 0 aliphatic heterocycles. The monoisotopic (exact) mass is 392 g/mol. The molecule has 4 aromatic rings. The van der Waals surface area contributed by atoms with Crippen LogP contribution in [0.1, 0.15) is 23.3 Å². The molecule has 0 aliphatic rings. The van der Waals surface area contributed by atoms with Crippen molar-refractivity contribution in [3.05, 3.63) is 95.0 Å². The maximum absolute atomic E-state index is 12.2. The van der Waals surface area contributed by atoms with Crippen LogP contribution in [-0.2, 0) is 24.3 Å². The molecule has 2 aromatic heterocycles. The van der Waals surface area contributed by atoms with Gasteiger partial charge in [0.2, 0.25) is 5.91 Å². The lowest BCUT2D eigenvalue weighted by Gasteiger charge is -2.07. The highest BCUT2D eigenvalue weighted by atomic mass is 35.5. The Kier molecular flexibility index (Phi) is 5.49. The largest absolute Gasteiger partial charge is 0.467 e. The number of halogens is 1. The number of hydrogen-bond acceptors (Lipinski definition) is 2. The van der Waals surface area contributed by atoms with E-state index in [-0.39, 0.29) is 5.91 Å². The maximum Gasteiger partial charge on any atom is 0.220 e. The van der Waals surface area contributed by atoms with E-state index in [2.05, 4.69) is 28.2 Å². The number of rotatable bonds is 7. The third-order valence-corrected chi connectivity index (χ3v) is 5.20. The van der Waals surface area contributed by atoms with Crippen molar-refractivity contribution in [2.75, 3.05) is 0 Å². The molecule has 4 nitrogen and oxygen atoms in total. The van der Waals surface area contributed by atoms with Crippen LogP contribution in [0.5, 0.6) is 0 Å². The second kappa shape index (κ2) is 8.36. The Hall–Kier alpha value is -2.98. The SMILES string of the molecule is O=C(CCc1cn(Cc2ccccc2Cl)c2ccccc12)NCc1ccco1. The van der Waals surface area contributed by atoms with Crippen LogP contribution < -0.4 is 5.32 Å². The van der Waals surface area contributed by atoms with Crippen LogP contribution in [0.2, 0.25) is 5.02 Å². The Morgan fingerprint density at radius 2 is 1.82 bits per heavy atom. The Bertz CT molecular complexity index is 1080. The number of aromatic nitrogens is 1. The Morgan fingerprint density at radius 3 is 2.64 bits per heavy atom. The first-order valence-corrected chi connectivity index (χ1v) is 9.68. The van der Waals surface area contributed by atoms with Crippen molar-refractivity contribution >= 4 is 28.4 Å². The highest BCUT2D eigenvalue weighted by Crippen LogP contribution is 2.25. The van der Waals surface area contributed by atoms with Gasteiger partial charge in [0.15, 0.2) is 0 Å². The van der Waals surface area contributed by atoms with Crippen LogP contribution in [0.25, 0.3) is 10.9 Å². The van der Waals surface area contributed by atoms with Crippen LogP contribution in [0.3, 0.4) is 0 Å². The summed E-state index contributed by atoms with van der Waals surface area (Å²) < 4.78 is 7.45. The number of hydrogen-bond donors (Lipinski definition) is 1. The minimum atomic E-state index is 0.0133. The fraction of sp³-hybridized carbons (Fsp3) is 0.174. The van der Waals surface area contributed by atoms with Gasteiger partial charge in [0.1, 0.15) is 5.76 Å². The molecule has 0 atom stereocenters. The molecule has 0 bridgehead atoms. The van der Waals surface area contributed by atoms with E-state index >= 15 is 0 Å². The van der Waals surface area contributed by atoms with Gasteiger partial charge in [0.25, 0.3) is 0 Å². The molecule has 5 heteroatoms. The van der Waals surface area contributed by atoms with E-state index in [1.807, 2.05) is 48.5 Å². The van der Waals surface area contributed by atoms with Gasteiger partial charge in [-0.1, -0.05) is 48.0 Å². The van der Waals surface area contributed by atoms with Crippen LogP contribution in [-0.4, -0.2) is 10.5 Å². The molecule has 2 heterocycles. The molecule has 0 unspecified atom stereocenters. The van der Waals surface area contributed by atoms with Gasteiger partial charge in [-0.3, -0.25) is 4.79 Å². The summed E-state index contributed by atoms with van der Waals surface area (Å²) in [6.45, 7) is 1.12. The number of furan rings is 1. The predicted molar refractivity (Wildman–Crippen MR) is 111 cm³/mol. The van der Waals surface area contributed by atoms with Gasteiger partial charge < -0.3 is 14.3 Å². The number of nitrogens with zero attached hydrogens (tertiary/aromatic N) is 1. The Balaban J connectivity index is 1.48. The number of para-hydroxylation sites is 1. The van der Waals surface area contributed by atoms with Gasteiger partial charge in [-0.2, -0.15) is 0 Å². The standard InChI is InChI=1S/C23H21ClN2O2/c24-21-9-3-1-6-18(21)16-26-15-17(20-8-2-4-10-22(20)26)11-12-23(27)25-14-19-7-5-13-28-19/h1-10,13,15H,11-12,14,16H2,(H,25,27). The summed E-state index contributed by atoms with van der Waals surface area (Å²) in [6, 6.07) is 19.8. The summed E-state index contributed by atoms with van der Waals surface area (Å²) in [7, 11) is 0. The summed E-state index contributed by atoms with van der Waals surface area (Å²) in [5, 5.41) is 4.84. The quantitative estimate of drug-likeness (QED) is 0.470. The molecule has 0 saturated carbocycles. The molecule has 0 spiro atoms. The van der Waals surface area contributed by atoms with Crippen molar-refractivity contribution < 1.29 is 9.21 Å². The summed E-state index contributed by atoms with van der Waals surface area (Å²) in [5.74, 6) is 0.768. The fourth-order valence-corrected chi connectivity index (χ4v) is 3.59. The van der Waals surface area contributed by atoms with E-state index in [1.54, 1.807) is 6.26 Å². The summed E-state index contributed by atoms with van der Waals surface area (Å²) >= 11 is 6.34. The minimum Gasteiger partial charge on any atom is -0.467 e. The average molecular weight is 393 g/mol. The van der Waals surface area contributed by atoms with Crippen LogP contribution in [0.15, 0.2) is 77.5 Å². The normalized spacial score (nSPS) is 11.0. The summed E-state index contributed by atoms with van der Waals surface area (Å²) in [5.41, 5.74) is 3.39. The van der Waals surface area contributed by atoms with E-state index in [1.165, 1.54) is 5.39 Å². The molecular weight excluding hydrogens is 372 g/mol. The van der Waals surface area contributed by atoms with Crippen molar-refractivity contribution in [2.24, 2.45) is 0 Å². The van der Waals surface area contributed by atoms with E-state index in [4.69, 9.17) is 16.0 Å². The molecule has 0 aliphatic carbocycles. The zero-order valence-electron chi connectivity index (χ0n) is 15.4. The molecule has 0 fully saturated rings. The van der Waals surface area contributed by atoms with Crippen molar-refractivity contribution in [3.8, 4) is 0 Å². The van der Waals surface area contributed by atoms with Crippen molar-refractivity contribution in [1.82, 2.24) is 9.88 Å². The van der Waals surface area contributed by atoms with E-state index < -0.39 is 0 Å². The highest BCUT2D eigenvalue weighted by molar-refractivity contribution is 6.31. The van der Waals surface area contributed by atoms with Crippen LogP contribution in [0.4, 0.5) is 0 Å². The second-order valence-electron chi connectivity index (χ2n) is 6.75. The van der Waals surface area contributed by atoms with E-state index in [9.17, 15) is 4.79 Å². The molecule has 142 valence electrons. The number of fused-ring (bicyclic) bond motifs is 1. The first-order chi connectivity index (χ1) is 13.7. The minimum absolute atomic E-state index is 0.0133. The molecule has 28 heavy (non-hydrogen) atoms. The van der Waals surface area contributed by atoms with E-state index in [0.29, 0.717) is 25.9 Å². The van der Waals surface area contributed by atoms with E-state index in [0.717, 1.165) is 27.4 Å². The van der Waals surface area contributed by atoms with Gasteiger partial charge in [0.05, 0.1) is 12.8 Å². The smallest absolute Gasteiger partial charge is 0.220 e. The number of aryl methyl sites for hydroxylation is 1. The topological polar surface area (TPSA) is 47.2 Å². The molecule has 4 rings (SSSR count). The zero-order chi connectivity index (χ0) is 19.3. The Morgan fingerprint density at radius 1 is 1.00 bits per heavy atom. The third kappa shape index (κ3) is 4.12. The van der Waals surface area contributed by atoms with Gasteiger partial charge >= 0.3 is 0 Å². The molecule has 0 saturated heterocycles. The first kappa shape index (κ1) is 18.4. The number of nitrogens with one attached hydrogen (secondary N) is 1. The first-order valence-electron chi connectivity index (χ1n) is 9.30. The zero-order valence-corrected chi connectivity index (χ0v) is 16.2. The molecule has 1 amide bonds. The third-order valence-electron chi connectivity index (χ3n) is 4.83. The highest BCUT2D eigenvalue weighted by Gasteiger charge is 2.11. The average Bonchev–Trinajstić information content (AvgIpc) is 3.35. The second-order valence-corrected chi connectivity index (χ2v) is 7.15. The summed E-state index contributed by atoms with van der Waals surface area (Å²) in [4.78, 5) is 12.2. The van der Waals surface area contributed by atoms with Gasteiger partial charge in [0, 0.05) is 35.1 Å². The molecule has 1 N–H and O–H groups in total. The Labute approximate surface area is 168 Å². The number of carbonyl (C=O) groups is 1. The number of carbonyl (C=O) groups excluding carboxylic acids is 1.